The molecule has 2 nitrogen and oxygen atoms in total. The summed E-state index contributed by atoms with van der Waals surface area (Å²) in [5.41, 5.74) is 0. The van der Waals surface area contributed by atoms with Crippen molar-refractivity contribution >= 4 is 28.5 Å². The van der Waals surface area contributed by atoms with Gasteiger partial charge in [0.2, 0.25) is 5.91 Å². The molecule has 0 fully saturated rings. The van der Waals surface area contributed by atoms with Crippen molar-refractivity contribution in [1.82, 2.24) is 4.90 Å². The number of carbonyl (C=O) groups excluding carboxylic acids is 1. The number of nitrogens with zero attached hydrogens (tertiary/aromatic N) is 1. The van der Waals surface area contributed by atoms with Gasteiger partial charge in [-0.15, -0.1) is 0 Å². The van der Waals surface area contributed by atoms with Crippen molar-refractivity contribution in [2.45, 2.75) is 10.8 Å². The molecule has 0 aromatic carbocycles. The zero-order valence-electron chi connectivity index (χ0n) is 5.31. The zero-order valence-corrected chi connectivity index (χ0v) is 7.47. The third kappa shape index (κ3) is 2.49. The van der Waals surface area contributed by atoms with E-state index in [9.17, 15) is 4.79 Å². The quantitative estimate of drug-likeness (QED) is 0.481. The summed E-state index contributed by atoms with van der Waals surface area (Å²) in [4.78, 5) is 12.4. The monoisotopic (exact) mass is 227 g/mol. The summed E-state index contributed by atoms with van der Waals surface area (Å²) in [5.74, 6) is 0.172. The lowest BCUT2D eigenvalue weighted by molar-refractivity contribution is -0.127. The summed E-state index contributed by atoms with van der Waals surface area (Å²) in [6.45, 7) is 1.88. The number of rotatable bonds is 1. The van der Waals surface area contributed by atoms with Gasteiger partial charge >= 0.3 is 0 Å². The highest BCUT2D eigenvalue weighted by molar-refractivity contribution is 14.1. The molecule has 8 heavy (non-hydrogen) atoms. The lowest BCUT2D eigenvalue weighted by Crippen LogP contribution is -2.27. The second-order valence-corrected chi connectivity index (χ2v) is 3.72. The Bertz CT molecular complexity index is 80.4. The minimum atomic E-state index is 0.0996. The number of alkyl halides is 1. The van der Waals surface area contributed by atoms with Crippen molar-refractivity contribution in [3.63, 3.8) is 0 Å². The van der Waals surface area contributed by atoms with Gasteiger partial charge in [-0.1, -0.05) is 22.6 Å². The first-order valence-corrected chi connectivity index (χ1v) is 3.65. The number of hydrogen-bond acceptors (Lipinski definition) is 1. The highest BCUT2D eigenvalue weighted by atomic mass is 127. The molecule has 0 spiro atoms. The van der Waals surface area contributed by atoms with Gasteiger partial charge in [0.05, 0.1) is 3.92 Å². The Morgan fingerprint density at radius 1 is 1.62 bits per heavy atom. The molecule has 0 aliphatic rings. The molecular formula is C5H10INO. The summed E-state index contributed by atoms with van der Waals surface area (Å²) < 4.78 is 0.0996. The van der Waals surface area contributed by atoms with Crippen molar-refractivity contribution in [2.24, 2.45) is 0 Å². The molecule has 0 aliphatic carbocycles. The van der Waals surface area contributed by atoms with E-state index in [0.717, 1.165) is 0 Å². The zero-order chi connectivity index (χ0) is 6.73. The van der Waals surface area contributed by atoms with Gasteiger partial charge < -0.3 is 4.90 Å². The summed E-state index contributed by atoms with van der Waals surface area (Å²) >= 11 is 2.09. The molecule has 1 amide bonds. The van der Waals surface area contributed by atoms with Gasteiger partial charge in [0, 0.05) is 14.1 Å². The fourth-order valence-corrected chi connectivity index (χ4v) is 0.913. The molecule has 0 heterocycles. The summed E-state index contributed by atoms with van der Waals surface area (Å²) in [6, 6.07) is 0. The predicted octanol–water partition coefficient (Wildman–Crippen LogP) is 0.898. The third-order valence-corrected chi connectivity index (χ3v) is 1.31. The van der Waals surface area contributed by atoms with Crippen LogP contribution in [0.25, 0.3) is 0 Å². The van der Waals surface area contributed by atoms with Gasteiger partial charge in [0.15, 0.2) is 0 Å². The Morgan fingerprint density at radius 2 is 2.00 bits per heavy atom. The van der Waals surface area contributed by atoms with Gasteiger partial charge in [-0.25, -0.2) is 0 Å². The van der Waals surface area contributed by atoms with Crippen LogP contribution in [0.3, 0.4) is 0 Å². The fraction of sp³-hybridized carbons (Fsp3) is 0.800. The Hall–Kier alpha value is 0.200. The van der Waals surface area contributed by atoms with Gasteiger partial charge in [-0.2, -0.15) is 0 Å². The van der Waals surface area contributed by atoms with Crippen LogP contribution in [0.5, 0.6) is 0 Å². The molecule has 0 saturated carbocycles. The summed E-state index contributed by atoms with van der Waals surface area (Å²) in [6.07, 6.45) is 0. The largest absolute Gasteiger partial charge is 0.348 e. The minimum absolute atomic E-state index is 0.0996. The first kappa shape index (κ1) is 8.20. The van der Waals surface area contributed by atoms with E-state index in [1.165, 1.54) is 0 Å². The van der Waals surface area contributed by atoms with Crippen molar-refractivity contribution in [2.75, 3.05) is 14.1 Å². The maximum absolute atomic E-state index is 10.8. The van der Waals surface area contributed by atoms with Crippen LogP contribution in [0.2, 0.25) is 0 Å². The lowest BCUT2D eigenvalue weighted by atomic mass is 10.4. The van der Waals surface area contributed by atoms with E-state index in [2.05, 4.69) is 22.6 Å². The highest BCUT2D eigenvalue weighted by Crippen LogP contribution is 2.00. The normalized spacial score (nSPS) is 13.0. The van der Waals surface area contributed by atoms with Gasteiger partial charge in [0.25, 0.3) is 0 Å². The van der Waals surface area contributed by atoms with E-state index in [1.807, 2.05) is 6.92 Å². The minimum Gasteiger partial charge on any atom is -0.348 e. The van der Waals surface area contributed by atoms with Crippen LogP contribution in [-0.4, -0.2) is 28.8 Å². The Labute approximate surface area is 63.4 Å². The lowest BCUT2D eigenvalue weighted by Gasteiger charge is -2.10. The third-order valence-electron chi connectivity index (χ3n) is 0.781. The van der Waals surface area contributed by atoms with E-state index < -0.39 is 0 Å². The van der Waals surface area contributed by atoms with Crippen LogP contribution in [0.15, 0.2) is 0 Å². The van der Waals surface area contributed by atoms with Crippen LogP contribution >= 0.6 is 22.6 Å². The summed E-state index contributed by atoms with van der Waals surface area (Å²) in [7, 11) is 3.52. The topological polar surface area (TPSA) is 20.3 Å². The Morgan fingerprint density at radius 3 is 2.00 bits per heavy atom. The molecule has 0 N–H and O–H groups in total. The SMILES string of the molecule is C[C@@H](I)C(=O)N(C)C. The first-order chi connectivity index (χ1) is 3.55. The Balaban J connectivity index is 3.65. The number of hydrogen-bond donors (Lipinski definition) is 0. The van der Waals surface area contributed by atoms with Crippen LogP contribution in [0.1, 0.15) is 6.92 Å². The van der Waals surface area contributed by atoms with Crippen molar-refractivity contribution in [1.29, 1.82) is 0 Å². The van der Waals surface area contributed by atoms with Gasteiger partial charge in [0.1, 0.15) is 0 Å². The number of amides is 1. The average Bonchev–Trinajstić information content (AvgIpc) is 1.64. The van der Waals surface area contributed by atoms with Crippen molar-refractivity contribution < 1.29 is 4.79 Å². The average molecular weight is 227 g/mol. The van der Waals surface area contributed by atoms with E-state index >= 15 is 0 Å². The molecule has 0 aromatic rings. The van der Waals surface area contributed by atoms with Crippen LogP contribution in [-0.2, 0) is 4.79 Å². The summed E-state index contributed by atoms with van der Waals surface area (Å²) in [5, 5.41) is 0. The maximum atomic E-state index is 10.8. The number of halogens is 1. The maximum Gasteiger partial charge on any atom is 0.234 e. The van der Waals surface area contributed by atoms with Crippen LogP contribution in [0.4, 0.5) is 0 Å². The predicted molar refractivity (Wildman–Crippen MR) is 42.2 cm³/mol. The van der Waals surface area contributed by atoms with E-state index in [0.29, 0.717) is 0 Å². The van der Waals surface area contributed by atoms with Crippen molar-refractivity contribution in [3.8, 4) is 0 Å². The molecule has 0 aromatic heterocycles. The van der Waals surface area contributed by atoms with E-state index in [1.54, 1.807) is 19.0 Å². The molecule has 0 bridgehead atoms. The molecule has 1 atom stereocenters. The first-order valence-electron chi connectivity index (χ1n) is 2.41. The molecule has 48 valence electrons. The highest BCUT2D eigenvalue weighted by Gasteiger charge is 2.08. The van der Waals surface area contributed by atoms with Crippen LogP contribution < -0.4 is 0 Å². The standard InChI is InChI=1S/C5H10INO/c1-4(6)5(8)7(2)3/h4H,1-3H3/t4-/m1/s1. The molecule has 0 aliphatic heterocycles. The molecule has 0 radical (unpaired) electrons. The fourth-order valence-electron chi connectivity index (χ4n) is 0.356. The Kier molecular flexibility index (Phi) is 3.35. The van der Waals surface area contributed by atoms with Crippen molar-refractivity contribution in [3.05, 3.63) is 0 Å². The second kappa shape index (κ2) is 3.27. The molecule has 0 unspecified atom stereocenters. The smallest absolute Gasteiger partial charge is 0.234 e. The van der Waals surface area contributed by atoms with E-state index in [-0.39, 0.29) is 9.83 Å². The molecule has 0 saturated heterocycles. The second-order valence-electron chi connectivity index (χ2n) is 1.85. The van der Waals surface area contributed by atoms with Gasteiger partial charge in [-0.05, 0) is 6.92 Å². The van der Waals surface area contributed by atoms with Gasteiger partial charge in [-0.3, -0.25) is 4.79 Å². The molecule has 0 rings (SSSR count). The van der Waals surface area contributed by atoms with Crippen LogP contribution in [0, 0.1) is 0 Å². The molecular weight excluding hydrogens is 217 g/mol. The molecule has 3 heteroatoms. The van der Waals surface area contributed by atoms with E-state index in [4.69, 9.17) is 0 Å². The number of carbonyl (C=O) groups is 1.